The van der Waals surface area contributed by atoms with E-state index in [9.17, 15) is 4.79 Å². The maximum absolute atomic E-state index is 11.8. The summed E-state index contributed by atoms with van der Waals surface area (Å²) >= 11 is 0. The van der Waals surface area contributed by atoms with Gasteiger partial charge in [-0.3, -0.25) is 4.79 Å². The van der Waals surface area contributed by atoms with E-state index in [0.717, 1.165) is 18.4 Å². The first-order valence-electron chi connectivity index (χ1n) is 6.15. The lowest BCUT2D eigenvalue weighted by molar-refractivity contribution is -0.121. The largest absolute Gasteiger partial charge is 0.383 e. The molecule has 1 heterocycles. The van der Waals surface area contributed by atoms with Gasteiger partial charge in [-0.25, -0.2) is 9.97 Å². The fourth-order valence-corrected chi connectivity index (χ4v) is 1.62. The number of aryl methyl sites for hydroxylation is 1. The summed E-state index contributed by atoms with van der Waals surface area (Å²) in [5.74, 6) is 1.65. The number of hydrogen-bond donors (Lipinski definition) is 3. The predicted molar refractivity (Wildman–Crippen MR) is 70.2 cm³/mol. The van der Waals surface area contributed by atoms with Gasteiger partial charge >= 0.3 is 0 Å². The summed E-state index contributed by atoms with van der Waals surface area (Å²) in [5.41, 5.74) is 6.54. The van der Waals surface area contributed by atoms with E-state index < -0.39 is 0 Å². The molecule has 0 aromatic carbocycles. The first kappa shape index (κ1) is 12.6. The van der Waals surface area contributed by atoms with E-state index in [1.54, 1.807) is 6.92 Å². The van der Waals surface area contributed by atoms with Gasteiger partial charge in [-0.15, -0.1) is 0 Å². The second-order valence-electron chi connectivity index (χ2n) is 4.78. The van der Waals surface area contributed by atoms with Crippen LogP contribution in [0.1, 0.15) is 31.2 Å². The summed E-state index contributed by atoms with van der Waals surface area (Å²) < 4.78 is 0. The molecule has 0 spiro atoms. The van der Waals surface area contributed by atoms with Crippen molar-refractivity contribution in [3.05, 3.63) is 11.4 Å². The summed E-state index contributed by atoms with van der Waals surface area (Å²) in [6.45, 7) is 5.42. The van der Waals surface area contributed by atoms with Gasteiger partial charge in [-0.2, -0.15) is 0 Å². The number of nitrogen functional groups attached to an aromatic ring is 1. The number of nitrogens with zero attached hydrogens (tertiary/aromatic N) is 2. The molecular formula is C12H19N5O. The van der Waals surface area contributed by atoms with Gasteiger partial charge in [0, 0.05) is 11.6 Å². The molecule has 1 fully saturated rings. The van der Waals surface area contributed by atoms with Gasteiger partial charge < -0.3 is 16.4 Å². The summed E-state index contributed by atoms with van der Waals surface area (Å²) in [5, 5.41) is 6.03. The summed E-state index contributed by atoms with van der Waals surface area (Å²) in [6.07, 6.45) is 2.16. The minimum Gasteiger partial charge on any atom is -0.383 e. The van der Waals surface area contributed by atoms with Crippen LogP contribution in [-0.4, -0.2) is 28.0 Å². The van der Waals surface area contributed by atoms with Crippen LogP contribution in [0, 0.1) is 13.8 Å². The van der Waals surface area contributed by atoms with Crippen molar-refractivity contribution in [1.82, 2.24) is 15.3 Å². The number of carbonyl (C=O) groups is 1. The molecule has 18 heavy (non-hydrogen) atoms. The maximum Gasteiger partial charge on any atom is 0.242 e. The monoisotopic (exact) mass is 249 g/mol. The number of aromatic nitrogens is 2. The molecule has 98 valence electrons. The molecule has 0 saturated heterocycles. The Hall–Kier alpha value is -1.85. The van der Waals surface area contributed by atoms with Crippen molar-refractivity contribution in [3.63, 3.8) is 0 Å². The molecule has 1 aromatic heterocycles. The van der Waals surface area contributed by atoms with Crippen LogP contribution in [0.4, 0.5) is 11.6 Å². The molecule has 1 aliphatic rings. The SMILES string of the molecule is Cc1nc(N)c(C)c(NC(C)C(=O)NC2CC2)n1. The number of anilines is 2. The zero-order chi connectivity index (χ0) is 13.3. The molecule has 0 bridgehead atoms. The normalized spacial score (nSPS) is 16.2. The fraction of sp³-hybridized carbons (Fsp3) is 0.583. The summed E-state index contributed by atoms with van der Waals surface area (Å²) in [6, 6.07) is 0.0260. The van der Waals surface area contributed by atoms with Crippen LogP contribution in [0.5, 0.6) is 0 Å². The number of nitrogens with one attached hydrogen (secondary N) is 2. The highest BCUT2D eigenvalue weighted by molar-refractivity contribution is 5.84. The van der Waals surface area contributed by atoms with E-state index in [1.807, 2.05) is 13.8 Å². The Morgan fingerprint density at radius 3 is 2.67 bits per heavy atom. The van der Waals surface area contributed by atoms with Gasteiger partial charge in [-0.1, -0.05) is 0 Å². The molecule has 6 nitrogen and oxygen atoms in total. The third-order valence-corrected chi connectivity index (χ3v) is 2.97. The quantitative estimate of drug-likeness (QED) is 0.732. The highest BCUT2D eigenvalue weighted by atomic mass is 16.2. The van der Waals surface area contributed by atoms with E-state index in [0.29, 0.717) is 23.5 Å². The lowest BCUT2D eigenvalue weighted by atomic mass is 10.2. The minimum atomic E-state index is -0.335. The molecule has 0 radical (unpaired) electrons. The van der Waals surface area contributed by atoms with Gasteiger partial charge in [0.1, 0.15) is 23.5 Å². The van der Waals surface area contributed by atoms with Crippen molar-refractivity contribution in [2.24, 2.45) is 0 Å². The Kier molecular flexibility index (Phi) is 3.36. The highest BCUT2D eigenvalue weighted by Gasteiger charge is 2.26. The van der Waals surface area contributed by atoms with Crippen molar-refractivity contribution < 1.29 is 4.79 Å². The van der Waals surface area contributed by atoms with Crippen LogP contribution in [-0.2, 0) is 4.79 Å². The molecule has 2 rings (SSSR count). The minimum absolute atomic E-state index is 0.00765. The van der Waals surface area contributed by atoms with Crippen LogP contribution in [0.3, 0.4) is 0 Å². The van der Waals surface area contributed by atoms with E-state index >= 15 is 0 Å². The lowest BCUT2D eigenvalue weighted by Crippen LogP contribution is -2.39. The molecule has 6 heteroatoms. The first-order chi connectivity index (χ1) is 8.47. The molecule has 1 aliphatic carbocycles. The van der Waals surface area contributed by atoms with Crippen LogP contribution in [0.25, 0.3) is 0 Å². The van der Waals surface area contributed by atoms with E-state index in [-0.39, 0.29) is 11.9 Å². The molecule has 1 saturated carbocycles. The average molecular weight is 249 g/mol. The van der Waals surface area contributed by atoms with Crippen LogP contribution in [0.15, 0.2) is 0 Å². The third-order valence-electron chi connectivity index (χ3n) is 2.97. The Bertz CT molecular complexity index is 470. The number of amides is 1. The van der Waals surface area contributed by atoms with Crippen LogP contribution < -0.4 is 16.4 Å². The Morgan fingerprint density at radius 1 is 1.39 bits per heavy atom. The molecule has 1 aromatic rings. The van der Waals surface area contributed by atoms with Crippen molar-refractivity contribution in [2.45, 2.75) is 45.7 Å². The number of rotatable bonds is 4. The topological polar surface area (TPSA) is 92.9 Å². The maximum atomic E-state index is 11.8. The summed E-state index contributed by atoms with van der Waals surface area (Å²) in [4.78, 5) is 20.2. The van der Waals surface area contributed by atoms with Crippen molar-refractivity contribution in [2.75, 3.05) is 11.1 Å². The van der Waals surface area contributed by atoms with Crippen LogP contribution >= 0.6 is 0 Å². The Morgan fingerprint density at radius 2 is 2.06 bits per heavy atom. The number of hydrogen-bond acceptors (Lipinski definition) is 5. The standard InChI is InChI=1S/C12H19N5O/c1-6-10(13)15-8(3)16-11(6)14-7(2)12(18)17-9-4-5-9/h7,9H,4-5H2,1-3H3,(H,17,18)(H3,13,14,15,16). The van der Waals surface area contributed by atoms with Crippen molar-refractivity contribution >= 4 is 17.5 Å². The van der Waals surface area contributed by atoms with Crippen molar-refractivity contribution in [1.29, 1.82) is 0 Å². The molecule has 0 aliphatic heterocycles. The number of carbonyl (C=O) groups excluding carboxylic acids is 1. The smallest absolute Gasteiger partial charge is 0.242 e. The van der Waals surface area contributed by atoms with E-state index in [4.69, 9.17) is 5.73 Å². The Labute approximate surface area is 106 Å². The number of nitrogens with two attached hydrogens (primary N) is 1. The van der Waals surface area contributed by atoms with Gasteiger partial charge in [0.05, 0.1) is 0 Å². The van der Waals surface area contributed by atoms with Crippen LogP contribution in [0.2, 0.25) is 0 Å². The second-order valence-corrected chi connectivity index (χ2v) is 4.78. The highest BCUT2D eigenvalue weighted by Crippen LogP contribution is 2.20. The van der Waals surface area contributed by atoms with E-state index in [1.165, 1.54) is 0 Å². The predicted octanol–water partition coefficient (Wildman–Crippen LogP) is 0.755. The zero-order valence-electron chi connectivity index (χ0n) is 10.9. The first-order valence-corrected chi connectivity index (χ1v) is 6.15. The third kappa shape index (κ3) is 2.88. The molecule has 1 unspecified atom stereocenters. The van der Waals surface area contributed by atoms with Gasteiger partial charge in [0.2, 0.25) is 5.91 Å². The molecule has 1 atom stereocenters. The average Bonchev–Trinajstić information content (AvgIpc) is 3.08. The lowest BCUT2D eigenvalue weighted by Gasteiger charge is -2.16. The van der Waals surface area contributed by atoms with Crippen molar-refractivity contribution in [3.8, 4) is 0 Å². The van der Waals surface area contributed by atoms with Gasteiger partial charge in [0.25, 0.3) is 0 Å². The molecule has 1 amide bonds. The summed E-state index contributed by atoms with van der Waals surface area (Å²) in [7, 11) is 0. The van der Waals surface area contributed by atoms with Gasteiger partial charge in [-0.05, 0) is 33.6 Å². The van der Waals surface area contributed by atoms with Gasteiger partial charge in [0.15, 0.2) is 0 Å². The Balaban J connectivity index is 2.05. The molecule has 4 N–H and O–H groups in total. The fourth-order valence-electron chi connectivity index (χ4n) is 1.62. The molecular weight excluding hydrogens is 230 g/mol. The second kappa shape index (κ2) is 4.80. The zero-order valence-corrected chi connectivity index (χ0v) is 10.9. The van der Waals surface area contributed by atoms with E-state index in [2.05, 4.69) is 20.6 Å².